The highest BCUT2D eigenvalue weighted by molar-refractivity contribution is 6.09. The van der Waals surface area contributed by atoms with Gasteiger partial charge in [-0.25, -0.2) is 4.39 Å². The summed E-state index contributed by atoms with van der Waals surface area (Å²) in [5, 5.41) is 0. The van der Waals surface area contributed by atoms with Gasteiger partial charge in [0.1, 0.15) is 5.82 Å². The zero-order chi connectivity index (χ0) is 14.5. The summed E-state index contributed by atoms with van der Waals surface area (Å²) in [6, 6.07) is 12.2. The Bertz CT molecular complexity index is 599. The van der Waals surface area contributed by atoms with Crippen LogP contribution in [0.4, 0.5) is 4.39 Å². The van der Waals surface area contributed by atoms with Gasteiger partial charge in [0.05, 0.1) is 5.56 Å². The molecule has 0 aliphatic heterocycles. The zero-order valence-corrected chi connectivity index (χ0v) is 11.9. The first-order chi connectivity index (χ1) is 9.61. The van der Waals surface area contributed by atoms with E-state index >= 15 is 0 Å². The number of carbonyl (C=O) groups is 1. The Hall–Kier alpha value is -1.96. The van der Waals surface area contributed by atoms with E-state index in [4.69, 9.17) is 0 Å². The Balaban J connectivity index is 2.20. The van der Waals surface area contributed by atoms with Gasteiger partial charge in [-0.3, -0.25) is 4.79 Å². The van der Waals surface area contributed by atoms with E-state index in [2.05, 4.69) is 6.92 Å². The van der Waals surface area contributed by atoms with Gasteiger partial charge in [0, 0.05) is 5.56 Å². The maximum Gasteiger partial charge on any atom is 0.195 e. The van der Waals surface area contributed by atoms with Gasteiger partial charge in [0.2, 0.25) is 0 Å². The van der Waals surface area contributed by atoms with E-state index < -0.39 is 5.82 Å². The molecule has 0 aliphatic rings. The number of halogens is 1. The van der Waals surface area contributed by atoms with Crippen molar-refractivity contribution in [3.05, 3.63) is 70.5 Å². The normalized spacial score (nSPS) is 10.6. The third kappa shape index (κ3) is 3.32. The van der Waals surface area contributed by atoms with Gasteiger partial charge >= 0.3 is 0 Å². The van der Waals surface area contributed by atoms with Crippen molar-refractivity contribution >= 4 is 5.78 Å². The van der Waals surface area contributed by atoms with Gasteiger partial charge in [-0.1, -0.05) is 43.7 Å². The zero-order valence-electron chi connectivity index (χ0n) is 11.9. The van der Waals surface area contributed by atoms with Gasteiger partial charge in [-0.05, 0) is 43.0 Å². The summed E-state index contributed by atoms with van der Waals surface area (Å²) in [5.41, 5.74) is 2.70. The average molecular weight is 270 g/mol. The Kier molecular flexibility index (Phi) is 4.67. The molecule has 0 bridgehead atoms. The Morgan fingerprint density at radius 3 is 2.40 bits per heavy atom. The molecule has 0 aromatic heterocycles. The topological polar surface area (TPSA) is 17.1 Å². The molecule has 0 fully saturated rings. The number of rotatable bonds is 5. The summed E-state index contributed by atoms with van der Waals surface area (Å²) in [6.07, 6.45) is 3.30. The van der Waals surface area contributed by atoms with Gasteiger partial charge in [0.15, 0.2) is 5.78 Å². The predicted molar refractivity (Wildman–Crippen MR) is 79.6 cm³/mol. The van der Waals surface area contributed by atoms with Crippen LogP contribution in [0.25, 0.3) is 0 Å². The lowest BCUT2D eigenvalue weighted by molar-refractivity contribution is 0.103. The van der Waals surface area contributed by atoms with Crippen molar-refractivity contribution < 1.29 is 9.18 Å². The van der Waals surface area contributed by atoms with Crippen molar-refractivity contribution in [3.8, 4) is 0 Å². The quantitative estimate of drug-likeness (QED) is 0.719. The lowest BCUT2D eigenvalue weighted by atomic mass is 9.99. The van der Waals surface area contributed by atoms with E-state index in [9.17, 15) is 9.18 Å². The molecule has 0 aliphatic carbocycles. The third-order valence-corrected chi connectivity index (χ3v) is 3.40. The van der Waals surface area contributed by atoms with Crippen molar-refractivity contribution in [2.24, 2.45) is 0 Å². The van der Waals surface area contributed by atoms with E-state index in [1.165, 1.54) is 11.6 Å². The molecule has 104 valence electrons. The average Bonchev–Trinajstić information content (AvgIpc) is 2.45. The molecule has 0 atom stereocenters. The fraction of sp³-hybridized carbons (Fsp3) is 0.278. The van der Waals surface area contributed by atoms with Crippen LogP contribution >= 0.6 is 0 Å². The summed E-state index contributed by atoms with van der Waals surface area (Å²) in [5.74, 6) is -0.713. The largest absolute Gasteiger partial charge is 0.288 e. The molecular formula is C18H19FO. The number of benzene rings is 2. The second kappa shape index (κ2) is 6.47. The third-order valence-electron chi connectivity index (χ3n) is 3.40. The highest BCUT2D eigenvalue weighted by Crippen LogP contribution is 2.16. The molecular weight excluding hydrogens is 251 g/mol. The summed E-state index contributed by atoms with van der Waals surface area (Å²) < 4.78 is 13.8. The molecule has 2 aromatic rings. The second-order valence-corrected chi connectivity index (χ2v) is 5.11. The number of hydrogen-bond donors (Lipinski definition) is 0. The summed E-state index contributed by atoms with van der Waals surface area (Å²) in [6.45, 7) is 3.96. The molecule has 0 spiro atoms. The molecule has 0 heterocycles. The molecule has 2 heteroatoms. The maximum atomic E-state index is 13.8. The van der Waals surface area contributed by atoms with Crippen molar-refractivity contribution in [1.29, 1.82) is 0 Å². The highest BCUT2D eigenvalue weighted by Gasteiger charge is 2.13. The fourth-order valence-corrected chi connectivity index (χ4v) is 2.16. The van der Waals surface area contributed by atoms with Crippen LogP contribution < -0.4 is 0 Å². The fourth-order valence-electron chi connectivity index (χ4n) is 2.16. The number of aryl methyl sites for hydroxylation is 2. The van der Waals surface area contributed by atoms with Crippen LogP contribution in [0, 0.1) is 12.7 Å². The van der Waals surface area contributed by atoms with Crippen LogP contribution in [0.3, 0.4) is 0 Å². The molecule has 0 N–H and O–H groups in total. The monoisotopic (exact) mass is 270 g/mol. The van der Waals surface area contributed by atoms with Gasteiger partial charge in [-0.15, -0.1) is 0 Å². The van der Waals surface area contributed by atoms with Crippen LogP contribution in [-0.4, -0.2) is 5.78 Å². The van der Waals surface area contributed by atoms with Crippen LogP contribution in [0.1, 0.15) is 46.8 Å². The van der Waals surface area contributed by atoms with Crippen molar-refractivity contribution in [2.45, 2.75) is 33.1 Å². The van der Waals surface area contributed by atoms with E-state index in [-0.39, 0.29) is 11.3 Å². The number of unbranched alkanes of at least 4 members (excludes halogenated alkanes) is 1. The second-order valence-electron chi connectivity index (χ2n) is 5.11. The van der Waals surface area contributed by atoms with Crippen LogP contribution in [0.2, 0.25) is 0 Å². The smallest absolute Gasteiger partial charge is 0.195 e. The number of carbonyl (C=O) groups excluding carboxylic acids is 1. The lowest BCUT2D eigenvalue weighted by Crippen LogP contribution is -2.04. The number of hydrogen-bond acceptors (Lipinski definition) is 1. The van der Waals surface area contributed by atoms with Crippen molar-refractivity contribution in [1.82, 2.24) is 0 Å². The van der Waals surface area contributed by atoms with Gasteiger partial charge < -0.3 is 0 Å². The highest BCUT2D eigenvalue weighted by atomic mass is 19.1. The first-order valence-corrected chi connectivity index (χ1v) is 7.01. The molecule has 0 amide bonds. The van der Waals surface area contributed by atoms with Crippen LogP contribution in [0.15, 0.2) is 42.5 Å². The van der Waals surface area contributed by atoms with E-state index in [1.807, 2.05) is 12.1 Å². The summed E-state index contributed by atoms with van der Waals surface area (Å²) in [7, 11) is 0. The summed E-state index contributed by atoms with van der Waals surface area (Å²) >= 11 is 0. The van der Waals surface area contributed by atoms with Gasteiger partial charge in [0.25, 0.3) is 0 Å². The minimum atomic E-state index is -0.454. The first-order valence-electron chi connectivity index (χ1n) is 7.01. The van der Waals surface area contributed by atoms with Crippen molar-refractivity contribution in [3.63, 3.8) is 0 Å². The maximum absolute atomic E-state index is 13.8. The first kappa shape index (κ1) is 14.4. The van der Waals surface area contributed by atoms with Gasteiger partial charge in [-0.2, -0.15) is 0 Å². The Morgan fingerprint density at radius 2 is 1.80 bits per heavy atom. The van der Waals surface area contributed by atoms with Crippen LogP contribution in [0.5, 0.6) is 0 Å². The molecule has 0 saturated carbocycles. The molecule has 0 unspecified atom stereocenters. The number of ketones is 1. The van der Waals surface area contributed by atoms with E-state index in [1.54, 1.807) is 31.2 Å². The molecule has 2 aromatic carbocycles. The molecule has 20 heavy (non-hydrogen) atoms. The van der Waals surface area contributed by atoms with Crippen molar-refractivity contribution in [2.75, 3.05) is 0 Å². The lowest BCUT2D eigenvalue weighted by Gasteiger charge is -2.05. The SMILES string of the molecule is CCCCc1ccc(C(=O)c2ccc(C)cc2F)cc1. The Labute approximate surface area is 119 Å². The predicted octanol–water partition coefficient (Wildman–Crippen LogP) is 4.71. The molecule has 1 nitrogen and oxygen atoms in total. The van der Waals surface area contributed by atoms with E-state index in [0.717, 1.165) is 24.8 Å². The molecule has 0 saturated heterocycles. The molecule has 2 rings (SSSR count). The van der Waals surface area contributed by atoms with Crippen LogP contribution in [-0.2, 0) is 6.42 Å². The van der Waals surface area contributed by atoms with E-state index in [0.29, 0.717) is 5.56 Å². The minimum Gasteiger partial charge on any atom is -0.288 e. The minimum absolute atomic E-state index is 0.136. The summed E-state index contributed by atoms with van der Waals surface area (Å²) in [4.78, 5) is 12.3. The Morgan fingerprint density at radius 1 is 1.10 bits per heavy atom. The molecule has 0 radical (unpaired) electrons. The standard InChI is InChI=1S/C18H19FO/c1-3-4-5-14-7-9-15(10-8-14)18(20)16-11-6-13(2)12-17(16)19/h6-12H,3-5H2,1-2H3.